The number of aliphatic hydroxyl groups excluding tert-OH is 2. The van der Waals surface area contributed by atoms with Gasteiger partial charge in [0.05, 0.1) is 28.6 Å². The summed E-state index contributed by atoms with van der Waals surface area (Å²) in [6, 6.07) is 8.46. The van der Waals surface area contributed by atoms with Crippen molar-refractivity contribution in [2.45, 2.75) is 56.8 Å². The van der Waals surface area contributed by atoms with Crippen LogP contribution in [0.15, 0.2) is 42.9 Å². The molecule has 5 atom stereocenters. The summed E-state index contributed by atoms with van der Waals surface area (Å²) < 4.78 is 29.6. The van der Waals surface area contributed by atoms with Gasteiger partial charge in [-0.1, -0.05) is 12.1 Å². The van der Waals surface area contributed by atoms with Gasteiger partial charge in [0, 0.05) is 23.9 Å². The first kappa shape index (κ1) is 23.1. The van der Waals surface area contributed by atoms with Gasteiger partial charge < -0.3 is 26.2 Å². The highest BCUT2D eigenvalue weighted by Gasteiger charge is 2.64. The van der Waals surface area contributed by atoms with E-state index in [-0.39, 0.29) is 23.3 Å². The number of hydrogen-bond donors (Lipinski definition) is 4. The Bertz CT molecular complexity index is 1480. The van der Waals surface area contributed by atoms with Gasteiger partial charge in [-0.3, -0.25) is 0 Å². The molecule has 0 radical (unpaired) electrons. The zero-order valence-corrected chi connectivity index (χ0v) is 19.8. The number of hydrogen-bond acceptors (Lipinski definition) is 7. The number of alkyl halides is 2. The predicted molar refractivity (Wildman–Crippen MR) is 132 cm³/mol. The van der Waals surface area contributed by atoms with Crippen LogP contribution in [0.25, 0.3) is 21.9 Å². The van der Waals surface area contributed by atoms with Crippen molar-refractivity contribution in [3.63, 3.8) is 0 Å². The molecule has 0 spiro atoms. The van der Waals surface area contributed by atoms with Crippen LogP contribution in [0.3, 0.4) is 0 Å². The molecule has 0 aliphatic heterocycles. The fourth-order valence-electron chi connectivity index (χ4n) is 6.48. The number of aromatic nitrogens is 4. The normalized spacial score (nSPS) is 27.9. The fourth-order valence-corrected chi connectivity index (χ4v) is 6.48. The molecule has 2 aliphatic carbocycles. The van der Waals surface area contributed by atoms with Gasteiger partial charge in [-0.05, 0) is 55.4 Å². The van der Waals surface area contributed by atoms with Gasteiger partial charge >= 0.3 is 0 Å². The average Bonchev–Trinajstić information content (AvgIpc) is 3.30. The van der Waals surface area contributed by atoms with Crippen LogP contribution in [-0.2, 0) is 12.3 Å². The lowest BCUT2D eigenvalue weighted by Crippen LogP contribution is -2.46. The summed E-state index contributed by atoms with van der Waals surface area (Å²) in [5.74, 6) is -2.78. The van der Waals surface area contributed by atoms with Crippen LogP contribution in [-0.4, -0.2) is 41.9 Å². The number of nitrogens with zero attached hydrogens (tertiary/aromatic N) is 4. The number of anilines is 2. The van der Waals surface area contributed by atoms with E-state index in [0.29, 0.717) is 35.2 Å². The monoisotopic (exact) mass is 494 g/mol. The van der Waals surface area contributed by atoms with E-state index < -0.39 is 23.5 Å². The summed E-state index contributed by atoms with van der Waals surface area (Å²) >= 11 is 0. The van der Waals surface area contributed by atoms with E-state index in [1.807, 2.05) is 29.0 Å². The van der Waals surface area contributed by atoms with Crippen molar-refractivity contribution in [2.75, 3.05) is 11.5 Å². The minimum Gasteiger partial charge on any atom is -0.390 e. The maximum absolute atomic E-state index is 13.8. The van der Waals surface area contributed by atoms with Crippen molar-refractivity contribution < 1.29 is 19.0 Å². The van der Waals surface area contributed by atoms with Crippen LogP contribution in [0.5, 0.6) is 0 Å². The molecule has 8 nitrogen and oxygen atoms in total. The smallest absolute Gasteiger partial charge is 0.274 e. The Kier molecular flexibility index (Phi) is 5.00. The average molecular weight is 495 g/mol. The summed E-state index contributed by atoms with van der Waals surface area (Å²) in [6.07, 6.45) is 4.49. The van der Waals surface area contributed by atoms with E-state index in [4.69, 9.17) is 11.5 Å². The topological polar surface area (TPSA) is 136 Å². The Morgan fingerprint density at radius 2 is 1.94 bits per heavy atom. The highest BCUT2D eigenvalue weighted by atomic mass is 19.3. The standard InChI is InChI=1S/C26H28F2N6O2/c1-25(27,28)17-11-14-3-2-13(10-18(14)33-23(17)30)4-7-26-8-5-16(26)19(20(35)21(26)36)34-9-6-15-22(29)31-12-32-24(15)34/h2-3,6,9-12,16,19-21,35-36H,4-5,7-8H2,1H3,(H2,30,33)(H2,29,31,32)/t16-,19-,20+,21+,26-/m1/s1. The molecule has 0 saturated heterocycles. The molecular weight excluding hydrogens is 466 g/mol. The SMILES string of the molecule is CC(F)(F)c1cc2ccc(CC[C@@]34CC[C@@H]3[C@@H](n3ccc5c(N)ncnc53)[C@H](O)[C@@H]4O)cc2nc1N. The number of rotatable bonds is 5. The molecular formula is C26H28F2N6O2. The van der Waals surface area contributed by atoms with Gasteiger partial charge in [0.1, 0.15) is 29.7 Å². The van der Waals surface area contributed by atoms with E-state index >= 15 is 0 Å². The molecule has 188 valence electrons. The summed E-state index contributed by atoms with van der Waals surface area (Å²) in [4.78, 5) is 12.6. The zero-order chi connectivity index (χ0) is 25.4. The molecule has 2 saturated carbocycles. The number of aryl methyl sites for hydroxylation is 1. The Morgan fingerprint density at radius 1 is 1.14 bits per heavy atom. The Morgan fingerprint density at radius 3 is 2.67 bits per heavy atom. The van der Waals surface area contributed by atoms with Crippen molar-refractivity contribution >= 4 is 33.6 Å². The van der Waals surface area contributed by atoms with E-state index in [1.54, 1.807) is 6.07 Å². The predicted octanol–water partition coefficient (Wildman–Crippen LogP) is 3.56. The molecule has 1 aromatic carbocycles. The van der Waals surface area contributed by atoms with Crippen LogP contribution in [0.2, 0.25) is 0 Å². The summed E-state index contributed by atoms with van der Waals surface area (Å²) in [6.45, 7) is 0.807. The van der Waals surface area contributed by atoms with Crippen LogP contribution in [0.1, 0.15) is 43.4 Å². The lowest BCUT2D eigenvalue weighted by atomic mass is 9.58. The van der Waals surface area contributed by atoms with Crippen LogP contribution >= 0.6 is 0 Å². The second kappa shape index (κ2) is 7.81. The second-order valence-corrected chi connectivity index (χ2v) is 10.4. The Labute approximate surface area is 206 Å². The second-order valence-electron chi connectivity index (χ2n) is 10.4. The first-order valence-corrected chi connectivity index (χ1v) is 12.1. The third kappa shape index (κ3) is 3.27. The number of halogens is 2. The largest absolute Gasteiger partial charge is 0.390 e. The molecule has 6 N–H and O–H groups in total. The summed E-state index contributed by atoms with van der Waals surface area (Å²) in [7, 11) is 0. The van der Waals surface area contributed by atoms with Gasteiger partial charge in [-0.25, -0.2) is 23.7 Å². The van der Waals surface area contributed by atoms with Gasteiger partial charge in [-0.15, -0.1) is 0 Å². The number of nitrogen functional groups attached to an aromatic ring is 2. The van der Waals surface area contributed by atoms with Crippen molar-refractivity contribution in [3.05, 3.63) is 54.0 Å². The lowest BCUT2D eigenvalue weighted by molar-refractivity contribution is -0.0742. The minimum atomic E-state index is -3.07. The third-order valence-corrected chi connectivity index (χ3v) is 8.46. The fraction of sp³-hybridized carbons (Fsp3) is 0.423. The number of benzene rings is 1. The molecule has 0 bridgehead atoms. The zero-order valence-electron chi connectivity index (χ0n) is 19.8. The molecule has 0 amide bonds. The van der Waals surface area contributed by atoms with Crippen molar-refractivity contribution in [2.24, 2.45) is 11.3 Å². The lowest BCUT2D eigenvalue weighted by Gasteiger charge is -2.48. The van der Waals surface area contributed by atoms with Crippen LogP contribution in [0, 0.1) is 11.3 Å². The quantitative estimate of drug-likeness (QED) is 0.333. The van der Waals surface area contributed by atoms with Gasteiger partial charge in [0.2, 0.25) is 0 Å². The highest BCUT2D eigenvalue weighted by molar-refractivity contribution is 5.86. The maximum Gasteiger partial charge on any atom is 0.274 e. The molecule has 10 heteroatoms. The van der Waals surface area contributed by atoms with E-state index in [0.717, 1.165) is 30.7 Å². The van der Waals surface area contributed by atoms with E-state index in [1.165, 1.54) is 12.4 Å². The Balaban J connectivity index is 1.27. The number of pyridine rings is 1. The molecule has 0 unspecified atom stereocenters. The van der Waals surface area contributed by atoms with Crippen LogP contribution in [0.4, 0.5) is 20.4 Å². The van der Waals surface area contributed by atoms with Gasteiger partial charge in [0.15, 0.2) is 0 Å². The summed E-state index contributed by atoms with van der Waals surface area (Å²) in [5, 5.41) is 23.7. The van der Waals surface area contributed by atoms with Crippen LogP contribution < -0.4 is 11.5 Å². The Hall–Kier alpha value is -3.37. The van der Waals surface area contributed by atoms with Crippen molar-refractivity contribution in [1.29, 1.82) is 0 Å². The van der Waals surface area contributed by atoms with Gasteiger partial charge in [-0.2, -0.15) is 0 Å². The molecule has 6 rings (SSSR count). The number of nitrogens with two attached hydrogens (primary N) is 2. The maximum atomic E-state index is 13.8. The van der Waals surface area contributed by atoms with Crippen molar-refractivity contribution in [3.8, 4) is 0 Å². The minimum absolute atomic E-state index is 0.0814. The molecule has 36 heavy (non-hydrogen) atoms. The highest BCUT2D eigenvalue weighted by Crippen LogP contribution is 2.64. The third-order valence-electron chi connectivity index (χ3n) is 8.46. The summed E-state index contributed by atoms with van der Waals surface area (Å²) in [5.41, 5.74) is 13.3. The number of aliphatic hydroxyl groups is 2. The molecule has 3 aromatic heterocycles. The van der Waals surface area contributed by atoms with Crippen molar-refractivity contribution in [1.82, 2.24) is 19.5 Å². The first-order valence-electron chi connectivity index (χ1n) is 12.1. The molecule has 2 fully saturated rings. The molecule has 4 aromatic rings. The first-order chi connectivity index (χ1) is 17.1. The van der Waals surface area contributed by atoms with Gasteiger partial charge in [0.25, 0.3) is 5.92 Å². The number of fused-ring (bicyclic) bond motifs is 3. The molecule has 3 heterocycles. The van der Waals surface area contributed by atoms with E-state index in [9.17, 15) is 19.0 Å². The van der Waals surface area contributed by atoms with E-state index in [2.05, 4.69) is 15.0 Å². The molecule has 2 aliphatic rings.